The molecule has 3 rings (SSSR count). The highest BCUT2D eigenvalue weighted by molar-refractivity contribution is 5.82. The van der Waals surface area contributed by atoms with Crippen molar-refractivity contribution in [2.75, 3.05) is 6.61 Å². The van der Waals surface area contributed by atoms with Gasteiger partial charge in [-0.3, -0.25) is 0 Å². The van der Waals surface area contributed by atoms with E-state index in [1.807, 2.05) is 6.08 Å². The van der Waals surface area contributed by atoms with Crippen molar-refractivity contribution in [1.29, 1.82) is 0 Å². The molecule has 2 fully saturated rings. The average molecular weight is 238 g/mol. The fourth-order valence-electron chi connectivity index (χ4n) is 2.88. The molecule has 4 nitrogen and oxygen atoms in total. The number of ether oxygens (including phenoxy) is 3. The minimum atomic E-state index is -0.378. The third-order valence-electron chi connectivity index (χ3n) is 3.80. The van der Waals surface area contributed by atoms with Crippen LogP contribution in [-0.2, 0) is 19.0 Å². The van der Waals surface area contributed by atoms with Crippen molar-refractivity contribution >= 4 is 5.97 Å². The molecule has 2 aliphatic heterocycles. The van der Waals surface area contributed by atoms with Gasteiger partial charge in [0, 0.05) is 25.3 Å². The molecule has 2 atom stereocenters. The smallest absolute Gasteiger partial charge is 0.330 e. The van der Waals surface area contributed by atoms with Crippen LogP contribution in [0.2, 0.25) is 0 Å². The van der Waals surface area contributed by atoms with Gasteiger partial charge in [-0.2, -0.15) is 0 Å². The second-order valence-corrected chi connectivity index (χ2v) is 5.05. The minimum absolute atomic E-state index is 0.0954. The number of carbonyl (C=O) groups excluding carboxylic acids is 1. The molecule has 94 valence electrons. The molecule has 4 heteroatoms. The van der Waals surface area contributed by atoms with Gasteiger partial charge in [0.25, 0.3) is 0 Å². The summed E-state index contributed by atoms with van der Waals surface area (Å²) < 4.78 is 17.2. The summed E-state index contributed by atoms with van der Waals surface area (Å²) in [5, 5.41) is 0. The van der Waals surface area contributed by atoms with Crippen molar-refractivity contribution < 1.29 is 19.0 Å². The van der Waals surface area contributed by atoms with E-state index in [1.54, 1.807) is 0 Å². The lowest BCUT2D eigenvalue weighted by Gasteiger charge is -2.32. The first-order chi connectivity index (χ1) is 8.27. The lowest BCUT2D eigenvalue weighted by Crippen LogP contribution is -2.38. The van der Waals surface area contributed by atoms with Gasteiger partial charge in [-0.25, -0.2) is 4.79 Å². The van der Waals surface area contributed by atoms with E-state index >= 15 is 0 Å². The van der Waals surface area contributed by atoms with Crippen LogP contribution < -0.4 is 0 Å². The molecule has 0 radical (unpaired) electrons. The second kappa shape index (κ2) is 4.42. The number of rotatable bonds is 1. The maximum Gasteiger partial charge on any atom is 0.330 e. The number of hydrogen-bond donors (Lipinski definition) is 0. The number of cyclic esters (lactones) is 1. The van der Waals surface area contributed by atoms with Crippen LogP contribution in [0, 0.1) is 0 Å². The summed E-state index contributed by atoms with van der Waals surface area (Å²) in [4.78, 5) is 11.2. The highest BCUT2D eigenvalue weighted by Crippen LogP contribution is 2.39. The summed E-state index contributed by atoms with van der Waals surface area (Å²) in [6.45, 7) is 0.547. The van der Waals surface area contributed by atoms with Gasteiger partial charge in [0.2, 0.25) is 0 Å². The molecule has 3 aliphatic rings. The van der Waals surface area contributed by atoms with Crippen LogP contribution >= 0.6 is 0 Å². The lowest BCUT2D eigenvalue weighted by molar-refractivity contribution is -0.199. The third kappa shape index (κ3) is 2.24. The normalized spacial score (nSPS) is 36.1. The van der Waals surface area contributed by atoms with E-state index in [4.69, 9.17) is 14.2 Å². The lowest BCUT2D eigenvalue weighted by atomic mass is 9.94. The van der Waals surface area contributed by atoms with Gasteiger partial charge < -0.3 is 14.2 Å². The predicted octanol–water partition coefficient (Wildman–Crippen LogP) is 1.93. The highest BCUT2D eigenvalue weighted by Gasteiger charge is 2.45. The fraction of sp³-hybridized carbons (Fsp3) is 0.769. The van der Waals surface area contributed by atoms with Crippen molar-refractivity contribution in [3.05, 3.63) is 12.2 Å². The van der Waals surface area contributed by atoms with Crippen LogP contribution in [0.4, 0.5) is 0 Å². The molecule has 0 bridgehead atoms. The standard InChI is InChI=1S/C13H18O4/c14-12-6-4-5-10(16-12)11-9-15-13(17-11)7-2-1-3-8-13/h4,6,10-11H,1-3,5,7-9H2/t10-,11-/m1/s1. The molecular formula is C13H18O4. The Labute approximate surface area is 101 Å². The van der Waals surface area contributed by atoms with Crippen molar-refractivity contribution in [2.24, 2.45) is 0 Å². The Morgan fingerprint density at radius 1 is 1.18 bits per heavy atom. The van der Waals surface area contributed by atoms with E-state index in [0.29, 0.717) is 6.61 Å². The summed E-state index contributed by atoms with van der Waals surface area (Å²) in [6.07, 6.45) is 9.33. The maximum absolute atomic E-state index is 11.2. The Hall–Kier alpha value is -0.870. The zero-order valence-corrected chi connectivity index (χ0v) is 9.89. The maximum atomic E-state index is 11.2. The van der Waals surface area contributed by atoms with E-state index in [9.17, 15) is 4.79 Å². The van der Waals surface area contributed by atoms with Gasteiger partial charge >= 0.3 is 5.97 Å². The molecular weight excluding hydrogens is 220 g/mol. The Bertz CT molecular complexity index is 330. The highest BCUT2D eigenvalue weighted by atomic mass is 16.8. The van der Waals surface area contributed by atoms with E-state index in [2.05, 4.69) is 0 Å². The number of carbonyl (C=O) groups is 1. The molecule has 1 saturated heterocycles. The fourth-order valence-corrected chi connectivity index (χ4v) is 2.88. The first-order valence-electron chi connectivity index (χ1n) is 6.46. The summed E-state index contributed by atoms with van der Waals surface area (Å²) in [6, 6.07) is 0. The quantitative estimate of drug-likeness (QED) is 0.655. The molecule has 0 unspecified atom stereocenters. The van der Waals surface area contributed by atoms with Gasteiger partial charge in [-0.05, 0) is 12.8 Å². The minimum Gasteiger partial charge on any atom is -0.456 e. The van der Waals surface area contributed by atoms with Crippen LogP contribution in [0.15, 0.2) is 12.2 Å². The summed E-state index contributed by atoms with van der Waals surface area (Å²) in [7, 11) is 0. The van der Waals surface area contributed by atoms with E-state index in [-0.39, 0.29) is 24.0 Å². The molecule has 0 aromatic heterocycles. The number of hydrogen-bond acceptors (Lipinski definition) is 4. The Morgan fingerprint density at radius 2 is 2.00 bits per heavy atom. The molecule has 0 N–H and O–H groups in total. The molecule has 0 aromatic rings. The second-order valence-electron chi connectivity index (χ2n) is 5.05. The largest absolute Gasteiger partial charge is 0.456 e. The van der Waals surface area contributed by atoms with Gasteiger partial charge in [-0.15, -0.1) is 0 Å². The Morgan fingerprint density at radius 3 is 2.76 bits per heavy atom. The van der Waals surface area contributed by atoms with Gasteiger partial charge in [-0.1, -0.05) is 12.5 Å². The van der Waals surface area contributed by atoms with Crippen molar-refractivity contribution in [1.82, 2.24) is 0 Å². The van der Waals surface area contributed by atoms with Gasteiger partial charge in [0.1, 0.15) is 12.2 Å². The molecule has 1 saturated carbocycles. The van der Waals surface area contributed by atoms with Crippen LogP contribution in [-0.4, -0.2) is 30.6 Å². The zero-order valence-electron chi connectivity index (χ0n) is 9.89. The monoisotopic (exact) mass is 238 g/mol. The molecule has 0 aromatic carbocycles. The summed E-state index contributed by atoms with van der Waals surface area (Å²) in [5.74, 6) is -0.648. The van der Waals surface area contributed by atoms with Crippen molar-refractivity contribution in [3.8, 4) is 0 Å². The molecule has 0 amide bonds. The average Bonchev–Trinajstić information content (AvgIpc) is 2.74. The SMILES string of the molecule is O=C1C=CC[C@H]([C@H]2COC3(CCCCC3)O2)O1. The van der Waals surface area contributed by atoms with Gasteiger partial charge in [0.15, 0.2) is 5.79 Å². The van der Waals surface area contributed by atoms with E-state index in [0.717, 1.165) is 32.1 Å². The topological polar surface area (TPSA) is 44.8 Å². The van der Waals surface area contributed by atoms with Crippen LogP contribution in [0.25, 0.3) is 0 Å². The predicted molar refractivity (Wildman–Crippen MR) is 60.3 cm³/mol. The van der Waals surface area contributed by atoms with Crippen molar-refractivity contribution in [2.45, 2.75) is 56.5 Å². The van der Waals surface area contributed by atoms with Crippen LogP contribution in [0.3, 0.4) is 0 Å². The van der Waals surface area contributed by atoms with Crippen molar-refractivity contribution in [3.63, 3.8) is 0 Å². The van der Waals surface area contributed by atoms with E-state index in [1.165, 1.54) is 12.5 Å². The summed E-state index contributed by atoms with van der Waals surface area (Å²) >= 11 is 0. The van der Waals surface area contributed by atoms with Crippen LogP contribution in [0.1, 0.15) is 38.5 Å². The Kier molecular flexibility index (Phi) is 2.92. The molecule has 1 aliphatic carbocycles. The first kappa shape index (κ1) is 11.2. The van der Waals surface area contributed by atoms with Gasteiger partial charge in [0.05, 0.1) is 6.61 Å². The summed E-state index contributed by atoms with van der Waals surface area (Å²) in [5.41, 5.74) is 0. The molecule has 17 heavy (non-hydrogen) atoms. The zero-order chi connectivity index (χ0) is 11.7. The Balaban J connectivity index is 1.63. The van der Waals surface area contributed by atoms with E-state index < -0.39 is 0 Å². The number of esters is 1. The molecule has 2 heterocycles. The molecule has 1 spiro atoms. The first-order valence-corrected chi connectivity index (χ1v) is 6.46. The van der Waals surface area contributed by atoms with Crippen LogP contribution in [0.5, 0.6) is 0 Å². The third-order valence-corrected chi connectivity index (χ3v) is 3.80.